The van der Waals surface area contributed by atoms with Crippen molar-refractivity contribution < 1.29 is 13.2 Å². The van der Waals surface area contributed by atoms with Crippen LogP contribution in [0.2, 0.25) is 0 Å². The van der Waals surface area contributed by atoms with Crippen LogP contribution in [0.1, 0.15) is 18.1 Å². The van der Waals surface area contributed by atoms with Crippen molar-refractivity contribution in [3.63, 3.8) is 0 Å². The number of hydrogen-bond donors (Lipinski definition) is 1. The van der Waals surface area contributed by atoms with E-state index >= 15 is 0 Å². The van der Waals surface area contributed by atoms with Gasteiger partial charge in [0.05, 0.1) is 5.56 Å². The monoisotopic (exact) mass is 246 g/mol. The summed E-state index contributed by atoms with van der Waals surface area (Å²) < 4.78 is 37.4. The largest absolute Gasteiger partial charge is 0.416 e. The molecule has 2 nitrogen and oxygen atoms in total. The minimum Gasteiger partial charge on any atom is -0.327 e. The highest BCUT2D eigenvalue weighted by Gasteiger charge is 2.30. The van der Waals surface area contributed by atoms with Crippen LogP contribution in [0.4, 0.5) is 13.2 Å². The second-order valence-corrected chi connectivity index (χ2v) is 4.37. The Hall–Kier alpha value is -1.07. The Morgan fingerprint density at radius 1 is 1.35 bits per heavy atom. The first-order valence-electron chi connectivity index (χ1n) is 5.39. The maximum atomic E-state index is 12.5. The van der Waals surface area contributed by atoms with E-state index in [1.165, 1.54) is 12.1 Å². The van der Waals surface area contributed by atoms with Crippen LogP contribution >= 0.6 is 0 Å². The minimum atomic E-state index is -4.28. The smallest absolute Gasteiger partial charge is 0.327 e. The Kier molecular flexibility index (Phi) is 4.54. The average Bonchev–Trinajstić information content (AvgIpc) is 2.15. The molecule has 2 N–H and O–H groups in total. The van der Waals surface area contributed by atoms with Crippen molar-refractivity contribution in [3.8, 4) is 0 Å². The molecule has 1 aromatic rings. The molecule has 0 amide bonds. The SMILES string of the molecule is CC(N)CN(C)Cc1cccc(C(F)(F)F)c1. The van der Waals surface area contributed by atoms with E-state index in [1.807, 2.05) is 18.9 Å². The molecule has 1 unspecified atom stereocenters. The fraction of sp³-hybridized carbons (Fsp3) is 0.500. The third kappa shape index (κ3) is 4.75. The molecule has 0 aliphatic rings. The van der Waals surface area contributed by atoms with Crippen molar-refractivity contribution in [2.45, 2.75) is 25.7 Å². The van der Waals surface area contributed by atoms with E-state index in [2.05, 4.69) is 0 Å². The molecule has 0 saturated heterocycles. The molecule has 5 heteroatoms. The molecular weight excluding hydrogens is 229 g/mol. The molecular formula is C12H17F3N2. The zero-order valence-electron chi connectivity index (χ0n) is 9.96. The van der Waals surface area contributed by atoms with Crippen molar-refractivity contribution in [2.24, 2.45) is 5.73 Å². The predicted molar refractivity (Wildman–Crippen MR) is 61.4 cm³/mol. The predicted octanol–water partition coefficient (Wildman–Crippen LogP) is 2.48. The molecule has 1 atom stereocenters. The van der Waals surface area contributed by atoms with Crippen LogP contribution in [-0.4, -0.2) is 24.5 Å². The molecule has 0 aromatic heterocycles. The second kappa shape index (κ2) is 5.51. The van der Waals surface area contributed by atoms with Crippen LogP contribution in [0, 0.1) is 0 Å². The maximum absolute atomic E-state index is 12.5. The second-order valence-electron chi connectivity index (χ2n) is 4.37. The normalized spacial score (nSPS) is 14.1. The molecule has 0 bridgehead atoms. The van der Waals surface area contributed by atoms with Gasteiger partial charge in [0.15, 0.2) is 0 Å². The van der Waals surface area contributed by atoms with E-state index in [4.69, 9.17) is 5.73 Å². The van der Waals surface area contributed by atoms with Gasteiger partial charge in [-0.3, -0.25) is 0 Å². The van der Waals surface area contributed by atoms with E-state index in [-0.39, 0.29) is 6.04 Å². The van der Waals surface area contributed by atoms with Crippen LogP contribution in [0.25, 0.3) is 0 Å². The summed E-state index contributed by atoms with van der Waals surface area (Å²) in [7, 11) is 1.84. The third-order valence-electron chi connectivity index (χ3n) is 2.31. The van der Waals surface area contributed by atoms with E-state index in [0.29, 0.717) is 18.7 Å². The van der Waals surface area contributed by atoms with Gasteiger partial charge in [0.2, 0.25) is 0 Å². The van der Waals surface area contributed by atoms with E-state index in [0.717, 1.165) is 6.07 Å². The van der Waals surface area contributed by atoms with Gasteiger partial charge in [0.1, 0.15) is 0 Å². The van der Waals surface area contributed by atoms with Gasteiger partial charge in [-0.1, -0.05) is 18.2 Å². The van der Waals surface area contributed by atoms with Crippen LogP contribution in [0.15, 0.2) is 24.3 Å². The van der Waals surface area contributed by atoms with Gasteiger partial charge in [0, 0.05) is 19.1 Å². The van der Waals surface area contributed by atoms with Crippen molar-refractivity contribution in [3.05, 3.63) is 35.4 Å². The standard InChI is InChI=1S/C12H17F3N2/c1-9(16)7-17(2)8-10-4-3-5-11(6-10)12(13,14)15/h3-6,9H,7-8,16H2,1-2H3. The molecule has 1 rings (SSSR count). The number of nitrogens with zero attached hydrogens (tertiary/aromatic N) is 1. The molecule has 0 heterocycles. The Morgan fingerprint density at radius 3 is 2.53 bits per heavy atom. The van der Waals surface area contributed by atoms with Gasteiger partial charge in [-0.15, -0.1) is 0 Å². The number of nitrogens with two attached hydrogens (primary N) is 1. The highest BCUT2D eigenvalue weighted by Crippen LogP contribution is 2.29. The first-order valence-corrected chi connectivity index (χ1v) is 5.39. The third-order valence-corrected chi connectivity index (χ3v) is 2.31. The van der Waals surface area contributed by atoms with Crippen molar-refractivity contribution in [1.82, 2.24) is 4.90 Å². The van der Waals surface area contributed by atoms with Gasteiger partial charge >= 0.3 is 6.18 Å². The molecule has 0 aliphatic heterocycles. The Labute approximate surface area is 99.2 Å². The Bertz CT molecular complexity index is 361. The van der Waals surface area contributed by atoms with Crippen LogP contribution < -0.4 is 5.73 Å². The number of hydrogen-bond acceptors (Lipinski definition) is 2. The van der Waals surface area contributed by atoms with Gasteiger partial charge in [-0.2, -0.15) is 13.2 Å². The number of benzene rings is 1. The van der Waals surface area contributed by atoms with Crippen LogP contribution in [-0.2, 0) is 12.7 Å². The lowest BCUT2D eigenvalue weighted by Gasteiger charge is -2.19. The number of alkyl halides is 3. The summed E-state index contributed by atoms with van der Waals surface area (Å²) in [5, 5.41) is 0. The van der Waals surface area contributed by atoms with Crippen LogP contribution in [0.3, 0.4) is 0 Å². The van der Waals surface area contributed by atoms with Gasteiger partial charge in [-0.05, 0) is 25.6 Å². The highest BCUT2D eigenvalue weighted by molar-refractivity contribution is 5.25. The molecule has 1 aromatic carbocycles. The fourth-order valence-corrected chi connectivity index (χ4v) is 1.71. The first kappa shape index (κ1) is 14.0. The summed E-state index contributed by atoms with van der Waals surface area (Å²) >= 11 is 0. The van der Waals surface area contributed by atoms with Gasteiger partial charge < -0.3 is 10.6 Å². The number of halogens is 3. The lowest BCUT2D eigenvalue weighted by molar-refractivity contribution is -0.137. The van der Waals surface area contributed by atoms with E-state index in [9.17, 15) is 13.2 Å². The number of rotatable bonds is 4. The molecule has 0 saturated carbocycles. The highest BCUT2D eigenvalue weighted by atomic mass is 19.4. The zero-order valence-corrected chi connectivity index (χ0v) is 9.96. The van der Waals surface area contributed by atoms with E-state index in [1.54, 1.807) is 6.07 Å². The summed E-state index contributed by atoms with van der Waals surface area (Å²) in [5.41, 5.74) is 5.66. The molecule has 0 spiro atoms. The Balaban J connectivity index is 2.72. The lowest BCUT2D eigenvalue weighted by Crippen LogP contribution is -2.32. The summed E-state index contributed by atoms with van der Waals surface area (Å²) in [6.45, 7) is 2.98. The first-order chi connectivity index (χ1) is 7.79. The lowest BCUT2D eigenvalue weighted by atomic mass is 10.1. The Morgan fingerprint density at radius 2 is 2.00 bits per heavy atom. The minimum absolute atomic E-state index is 0.00537. The summed E-state index contributed by atoms with van der Waals surface area (Å²) in [6, 6.07) is 5.38. The average molecular weight is 246 g/mol. The summed E-state index contributed by atoms with van der Waals surface area (Å²) in [6.07, 6.45) is -4.28. The van der Waals surface area contributed by atoms with Crippen molar-refractivity contribution in [1.29, 1.82) is 0 Å². The maximum Gasteiger partial charge on any atom is 0.416 e. The van der Waals surface area contributed by atoms with Crippen LogP contribution in [0.5, 0.6) is 0 Å². The van der Waals surface area contributed by atoms with Gasteiger partial charge in [0.25, 0.3) is 0 Å². The quantitative estimate of drug-likeness (QED) is 0.884. The molecule has 17 heavy (non-hydrogen) atoms. The summed E-state index contributed by atoms with van der Waals surface area (Å²) in [5.74, 6) is 0. The molecule has 0 aliphatic carbocycles. The summed E-state index contributed by atoms with van der Waals surface area (Å²) in [4.78, 5) is 1.90. The molecule has 0 fully saturated rings. The van der Waals surface area contributed by atoms with Crippen molar-refractivity contribution in [2.75, 3.05) is 13.6 Å². The zero-order chi connectivity index (χ0) is 13.1. The van der Waals surface area contributed by atoms with Crippen molar-refractivity contribution >= 4 is 0 Å². The molecule has 96 valence electrons. The fourth-order valence-electron chi connectivity index (χ4n) is 1.71. The topological polar surface area (TPSA) is 29.3 Å². The van der Waals surface area contributed by atoms with E-state index < -0.39 is 11.7 Å². The van der Waals surface area contributed by atoms with Gasteiger partial charge in [-0.25, -0.2) is 0 Å². The molecule has 0 radical (unpaired) electrons. The number of likely N-dealkylation sites (N-methyl/N-ethyl adjacent to an activating group) is 1.